The van der Waals surface area contributed by atoms with Gasteiger partial charge in [-0.25, -0.2) is 0 Å². The first-order valence-electron chi connectivity index (χ1n) is 16.2. The molecule has 1 saturated carbocycles. The van der Waals surface area contributed by atoms with Crippen molar-refractivity contribution in [2.45, 2.75) is 68.9 Å². The number of aliphatic hydroxyl groups excluding tert-OH is 3. The van der Waals surface area contributed by atoms with Gasteiger partial charge in [-0.05, 0) is 59.1 Å². The number of hydrogen-bond acceptors (Lipinski definition) is 10. The minimum absolute atomic E-state index is 0.00228. The molecule has 7 atom stereocenters. The van der Waals surface area contributed by atoms with Crippen molar-refractivity contribution in [3.63, 3.8) is 0 Å². The lowest BCUT2D eigenvalue weighted by atomic mass is 9.76. The van der Waals surface area contributed by atoms with Crippen molar-refractivity contribution in [2.24, 2.45) is 5.92 Å². The second-order valence-electron chi connectivity index (χ2n) is 13.0. The van der Waals surface area contributed by atoms with E-state index in [1.54, 1.807) is 18.2 Å². The van der Waals surface area contributed by atoms with Crippen LogP contribution in [0.1, 0.15) is 68.2 Å². The summed E-state index contributed by atoms with van der Waals surface area (Å²) in [5.41, 5.74) is 3.64. The standard InChI is InChI=1S/C37H35NO10/c1-45-20-13-24-22-11-10-19-6-2-8-21(19)29(22)31-26(40)16-38-15-25-18(5-3-9-23(25)36(38)44)7-4-12-46-35-32(41)28(17-39)48-37(34(35)43)47-27(14-20)30(24)33(31)42/h3,5,9-11,13-14,19,21,28,32,34-35,37,39,41-43H,2,6-8,15-17H2,1H3/t19-,21-,28-,32-,34-,35+,37+/m1/s1. The van der Waals surface area contributed by atoms with E-state index in [4.69, 9.17) is 18.9 Å². The van der Waals surface area contributed by atoms with Gasteiger partial charge in [0.25, 0.3) is 5.91 Å². The van der Waals surface area contributed by atoms with Crippen LogP contribution in [0.3, 0.4) is 0 Å². The maximum absolute atomic E-state index is 14.5. The number of amides is 1. The summed E-state index contributed by atoms with van der Waals surface area (Å²) in [4.78, 5) is 29.6. The van der Waals surface area contributed by atoms with Crippen molar-refractivity contribution in [1.82, 2.24) is 4.90 Å². The number of fused-ring (bicyclic) bond motifs is 9. The van der Waals surface area contributed by atoms with Gasteiger partial charge < -0.3 is 44.3 Å². The fraction of sp³-hybridized carbons (Fsp3) is 0.405. The Morgan fingerprint density at radius 1 is 1.10 bits per heavy atom. The fourth-order valence-electron chi connectivity index (χ4n) is 8.09. The predicted molar refractivity (Wildman–Crippen MR) is 172 cm³/mol. The minimum atomic E-state index is -1.58. The van der Waals surface area contributed by atoms with E-state index in [-0.39, 0.29) is 59.7 Å². The minimum Gasteiger partial charge on any atom is -0.506 e. The van der Waals surface area contributed by atoms with Gasteiger partial charge >= 0.3 is 0 Å². The summed E-state index contributed by atoms with van der Waals surface area (Å²) < 4.78 is 23.4. The second-order valence-corrected chi connectivity index (χ2v) is 13.0. The molecule has 0 radical (unpaired) electrons. The Bertz CT molecular complexity index is 1940. The van der Waals surface area contributed by atoms with E-state index in [9.17, 15) is 30.0 Å². The molecule has 2 fully saturated rings. The van der Waals surface area contributed by atoms with Crippen molar-refractivity contribution in [3.05, 3.63) is 69.8 Å². The lowest BCUT2D eigenvalue weighted by Crippen LogP contribution is -2.60. The van der Waals surface area contributed by atoms with Crippen molar-refractivity contribution in [2.75, 3.05) is 20.3 Å². The molecule has 8 rings (SSSR count). The van der Waals surface area contributed by atoms with Crippen LogP contribution in [0.4, 0.5) is 0 Å². The van der Waals surface area contributed by atoms with Crippen LogP contribution in [0.5, 0.6) is 17.2 Å². The molecule has 6 bridgehead atoms. The van der Waals surface area contributed by atoms with Gasteiger partial charge in [-0.1, -0.05) is 36.6 Å². The molecule has 0 spiro atoms. The SMILES string of the molecule is COc1cc2c3c(O)c(c4c(c3c1)C=C[C@H]1CCC[C@@H]41)C(=O)CN1Cc3c(cccc3C1=O)CC#CO[C@@H]1[C@@H](O)[C@@H](O2)O[C@H](CO)[C@H]1O. The highest BCUT2D eigenvalue weighted by atomic mass is 16.7. The number of ketones is 1. The normalized spacial score (nSPS) is 28.9. The van der Waals surface area contributed by atoms with E-state index in [0.717, 1.165) is 41.5 Å². The molecule has 1 amide bonds. The molecular formula is C37H35NO10. The van der Waals surface area contributed by atoms with Crippen LogP contribution >= 0.6 is 0 Å². The molecule has 3 aromatic carbocycles. The quantitative estimate of drug-likeness (QED) is 0.304. The highest BCUT2D eigenvalue weighted by molar-refractivity contribution is 6.13. The zero-order chi connectivity index (χ0) is 33.3. The molecule has 1 saturated heterocycles. The van der Waals surface area contributed by atoms with Crippen LogP contribution < -0.4 is 9.47 Å². The topological polar surface area (TPSA) is 155 Å². The number of rotatable bonds is 2. The number of carbonyl (C=O) groups is 2. The Morgan fingerprint density at radius 3 is 2.77 bits per heavy atom. The van der Waals surface area contributed by atoms with E-state index in [1.165, 1.54) is 18.1 Å². The first kappa shape index (κ1) is 30.7. The monoisotopic (exact) mass is 653 g/mol. The number of ether oxygens (including phenoxy) is 4. The smallest absolute Gasteiger partial charge is 0.254 e. The Kier molecular flexibility index (Phi) is 7.57. The van der Waals surface area contributed by atoms with E-state index < -0.39 is 43.1 Å². The van der Waals surface area contributed by atoms with Crippen LogP contribution in [-0.4, -0.2) is 88.0 Å². The number of aliphatic hydroxyl groups is 3. The van der Waals surface area contributed by atoms with Crippen LogP contribution in [0, 0.1) is 17.9 Å². The summed E-state index contributed by atoms with van der Waals surface area (Å²) in [6, 6.07) is 8.61. The lowest BCUT2D eigenvalue weighted by molar-refractivity contribution is -0.276. The number of methoxy groups -OCH3 is 1. The molecule has 0 unspecified atom stereocenters. The Balaban J connectivity index is 1.35. The molecular weight excluding hydrogens is 618 g/mol. The van der Waals surface area contributed by atoms with Gasteiger partial charge in [0.1, 0.15) is 35.6 Å². The third kappa shape index (κ3) is 4.74. The van der Waals surface area contributed by atoms with Crippen molar-refractivity contribution in [3.8, 4) is 29.3 Å². The number of hydrogen-bond donors (Lipinski definition) is 4. The molecule has 3 heterocycles. The number of nitrogens with zero attached hydrogens (tertiary/aromatic N) is 1. The van der Waals surface area contributed by atoms with Gasteiger partial charge in [0, 0.05) is 30.0 Å². The molecule has 4 N–H and O–H groups in total. The summed E-state index contributed by atoms with van der Waals surface area (Å²) in [5.74, 6) is 2.55. The fourth-order valence-corrected chi connectivity index (χ4v) is 8.09. The van der Waals surface area contributed by atoms with Crippen LogP contribution in [-0.2, 0) is 22.4 Å². The van der Waals surface area contributed by atoms with Crippen LogP contribution in [0.2, 0.25) is 0 Å². The van der Waals surface area contributed by atoms with Crippen molar-refractivity contribution in [1.29, 1.82) is 0 Å². The molecule has 48 heavy (non-hydrogen) atoms. The number of aromatic hydroxyl groups is 1. The largest absolute Gasteiger partial charge is 0.506 e. The summed E-state index contributed by atoms with van der Waals surface area (Å²) in [6.45, 7) is -0.655. The van der Waals surface area contributed by atoms with E-state index in [2.05, 4.69) is 18.1 Å². The second kappa shape index (κ2) is 11.8. The Hall–Kier alpha value is -4.60. The zero-order valence-corrected chi connectivity index (χ0v) is 26.2. The zero-order valence-electron chi connectivity index (χ0n) is 26.2. The molecule has 5 aliphatic rings. The van der Waals surface area contributed by atoms with Gasteiger partial charge in [0.15, 0.2) is 18.0 Å². The summed E-state index contributed by atoms with van der Waals surface area (Å²) in [5, 5.41) is 45.3. The average molecular weight is 654 g/mol. The van der Waals surface area contributed by atoms with Gasteiger partial charge in [0.05, 0.1) is 31.2 Å². The highest BCUT2D eigenvalue weighted by Crippen LogP contribution is 2.53. The maximum Gasteiger partial charge on any atom is 0.254 e. The third-order valence-electron chi connectivity index (χ3n) is 10.4. The molecule has 3 aliphatic heterocycles. The molecule has 11 heteroatoms. The van der Waals surface area contributed by atoms with Crippen LogP contribution in [0.15, 0.2) is 36.4 Å². The number of phenols is 1. The number of benzene rings is 3. The molecule has 0 aromatic heterocycles. The molecule has 3 aromatic rings. The summed E-state index contributed by atoms with van der Waals surface area (Å²) >= 11 is 0. The molecule has 11 nitrogen and oxygen atoms in total. The van der Waals surface area contributed by atoms with Crippen molar-refractivity contribution < 1.29 is 49.0 Å². The van der Waals surface area contributed by atoms with Gasteiger partial charge in [-0.3, -0.25) is 9.59 Å². The van der Waals surface area contributed by atoms with Gasteiger partial charge in [-0.2, -0.15) is 0 Å². The number of carbonyl (C=O) groups excluding carboxylic acids is 2. The molecule has 2 aliphatic carbocycles. The summed E-state index contributed by atoms with van der Waals surface area (Å²) in [6.07, 6.45) is 2.64. The lowest BCUT2D eigenvalue weighted by Gasteiger charge is -2.40. The van der Waals surface area contributed by atoms with Crippen LogP contribution in [0.25, 0.3) is 16.8 Å². The predicted octanol–water partition coefficient (Wildman–Crippen LogP) is 3.02. The summed E-state index contributed by atoms with van der Waals surface area (Å²) in [7, 11) is 1.49. The van der Waals surface area contributed by atoms with E-state index in [0.29, 0.717) is 16.7 Å². The number of allylic oxidation sites excluding steroid dienone is 1. The first-order valence-corrected chi connectivity index (χ1v) is 16.2. The highest BCUT2D eigenvalue weighted by Gasteiger charge is 2.48. The van der Waals surface area contributed by atoms with Gasteiger partial charge in [-0.15, -0.1) is 0 Å². The van der Waals surface area contributed by atoms with E-state index >= 15 is 0 Å². The van der Waals surface area contributed by atoms with Gasteiger partial charge in [0.2, 0.25) is 6.29 Å². The maximum atomic E-state index is 14.5. The first-order chi connectivity index (χ1) is 23.3. The van der Waals surface area contributed by atoms with Crippen molar-refractivity contribution >= 4 is 28.5 Å². The Labute approximate surface area is 276 Å². The average Bonchev–Trinajstić information content (AvgIpc) is 3.69. The molecule has 248 valence electrons. The third-order valence-corrected chi connectivity index (χ3v) is 10.4. The number of Topliss-reactive ketones (excluding diaryl/α,β-unsaturated/α-hetero) is 1. The number of phenolic OH excluding ortho intramolecular Hbond substituents is 1. The van der Waals surface area contributed by atoms with E-state index in [1.807, 2.05) is 12.1 Å². The Morgan fingerprint density at radius 2 is 1.96 bits per heavy atom.